The quantitative estimate of drug-likeness (QED) is 0.741. The van der Waals surface area contributed by atoms with Gasteiger partial charge in [-0.25, -0.2) is 9.59 Å². The van der Waals surface area contributed by atoms with E-state index < -0.39 is 5.76 Å². The van der Waals surface area contributed by atoms with E-state index in [1.807, 2.05) is 45.9 Å². The van der Waals surface area contributed by atoms with Crippen LogP contribution in [0, 0.1) is 13.8 Å². The summed E-state index contributed by atoms with van der Waals surface area (Å²) in [6, 6.07) is 10.6. The van der Waals surface area contributed by atoms with Crippen LogP contribution in [-0.4, -0.2) is 10.6 Å². The van der Waals surface area contributed by atoms with Gasteiger partial charge in [0.1, 0.15) is 0 Å². The van der Waals surface area contributed by atoms with Gasteiger partial charge in [-0.3, -0.25) is 4.57 Å². The summed E-state index contributed by atoms with van der Waals surface area (Å²) in [6.45, 7) is 7.79. The number of carbonyl (C=O) groups is 1. The van der Waals surface area contributed by atoms with Gasteiger partial charge < -0.3 is 15.1 Å². The number of fused-ring (bicyclic) bond motifs is 1. The van der Waals surface area contributed by atoms with Crippen molar-refractivity contribution in [3.05, 3.63) is 58.1 Å². The molecule has 6 heteroatoms. The van der Waals surface area contributed by atoms with Gasteiger partial charge in [0.2, 0.25) is 0 Å². The third-order valence-corrected chi connectivity index (χ3v) is 4.24. The zero-order chi connectivity index (χ0) is 18.1. The fraction of sp³-hybridized carbons (Fsp3) is 0.263. The first-order valence-corrected chi connectivity index (χ1v) is 8.16. The Balaban J connectivity index is 1.82. The lowest BCUT2D eigenvalue weighted by molar-refractivity contribution is 0.262. The van der Waals surface area contributed by atoms with Gasteiger partial charge in [-0.2, -0.15) is 0 Å². The zero-order valence-electron chi connectivity index (χ0n) is 14.7. The zero-order valence-corrected chi connectivity index (χ0v) is 14.7. The van der Waals surface area contributed by atoms with Gasteiger partial charge in [-0.05, 0) is 57.0 Å². The van der Waals surface area contributed by atoms with Gasteiger partial charge >= 0.3 is 11.8 Å². The van der Waals surface area contributed by atoms with Gasteiger partial charge in [0.15, 0.2) is 5.58 Å². The molecule has 0 aliphatic carbocycles. The molecule has 0 aliphatic rings. The molecule has 6 nitrogen and oxygen atoms in total. The highest BCUT2D eigenvalue weighted by atomic mass is 16.4. The maximum Gasteiger partial charge on any atom is 0.420 e. The number of urea groups is 1. The Hall–Kier alpha value is -3.02. The topological polar surface area (TPSA) is 76.3 Å². The molecule has 2 N–H and O–H groups in total. The van der Waals surface area contributed by atoms with Crippen molar-refractivity contribution in [2.24, 2.45) is 0 Å². The van der Waals surface area contributed by atoms with Gasteiger partial charge in [0, 0.05) is 23.5 Å². The minimum Gasteiger partial charge on any atom is -0.408 e. The average Bonchev–Trinajstić information content (AvgIpc) is 2.87. The van der Waals surface area contributed by atoms with Crippen molar-refractivity contribution >= 4 is 28.5 Å². The number of benzene rings is 2. The van der Waals surface area contributed by atoms with E-state index in [-0.39, 0.29) is 12.1 Å². The lowest BCUT2D eigenvalue weighted by Crippen LogP contribution is -2.20. The number of hydrogen-bond acceptors (Lipinski definition) is 3. The van der Waals surface area contributed by atoms with Crippen LogP contribution in [0.2, 0.25) is 0 Å². The summed E-state index contributed by atoms with van der Waals surface area (Å²) in [5.41, 5.74) is 4.60. The van der Waals surface area contributed by atoms with E-state index in [4.69, 9.17) is 4.42 Å². The molecule has 0 unspecified atom stereocenters. The van der Waals surface area contributed by atoms with E-state index in [1.54, 1.807) is 22.8 Å². The molecule has 0 saturated carbocycles. The van der Waals surface area contributed by atoms with Crippen molar-refractivity contribution in [2.45, 2.75) is 33.7 Å². The Kier molecular flexibility index (Phi) is 4.35. The molecule has 130 valence electrons. The molecule has 2 amide bonds. The Morgan fingerprint density at radius 2 is 1.88 bits per heavy atom. The van der Waals surface area contributed by atoms with Crippen molar-refractivity contribution in [1.82, 2.24) is 4.57 Å². The minimum absolute atomic E-state index is 0.000142. The summed E-state index contributed by atoms with van der Waals surface area (Å²) in [5.74, 6) is -0.401. The SMILES string of the molecule is Cc1cccc(NC(=O)Nc2ccc3c(c2)oc(=O)n3C(C)C)c1C. The monoisotopic (exact) mass is 339 g/mol. The maximum absolute atomic E-state index is 12.2. The lowest BCUT2D eigenvalue weighted by atomic mass is 10.1. The summed E-state index contributed by atoms with van der Waals surface area (Å²) >= 11 is 0. The highest BCUT2D eigenvalue weighted by Crippen LogP contribution is 2.22. The van der Waals surface area contributed by atoms with Crippen molar-refractivity contribution in [2.75, 3.05) is 10.6 Å². The highest BCUT2D eigenvalue weighted by molar-refractivity contribution is 6.01. The second-order valence-corrected chi connectivity index (χ2v) is 6.34. The number of aromatic nitrogens is 1. The molecular formula is C19H21N3O3. The molecule has 3 aromatic rings. The van der Waals surface area contributed by atoms with Crippen molar-refractivity contribution in [3.63, 3.8) is 0 Å². The third-order valence-electron chi connectivity index (χ3n) is 4.24. The molecule has 0 saturated heterocycles. The van der Waals surface area contributed by atoms with E-state index in [1.165, 1.54) is 0 Å². The summed E-state index contributed by atoms with van der Waals surface area (Å²) in [6.07, 6.45) is 0. The van der Waals surface area contributed by atoms with Crippen molar-refractivity contribution < 1.29 is 9.21 Å². The summed E-state index contributed by atoms with van der Waals surface area (Å²) in [5, 5.41) is 5.60. The molecule has 2 aromatic carbocycles. The molecule has 1 aromatic heterocycles. The number of oxazole rings is 1. The van der Waals surface area contributed by atoms with Crippen LogP contribution in [0.25, 0.3) is 11.1 Å². The van der Waals surface area contributed by atoms with Gasteiger partial charge in [-0.1, -0.05) is 12.1 Å². The predicted octanol–water partition coefficient (Wildman–Crippen LogP) is 4.44. The van der Waals surface area contributed by atoms with Gasteiger partial charge in [-0.15, -0.1) is 0 Å². The number of anilines is 2. The van der Waals surface area contributed by atoms with E-state index >= 15 is 0 Å². The molecule has 0 fully saturated rings. The fourth-order valence-corrected chi connectivity index (χ4v) is 2.77. The molecule has 0 atom stereocenters. The van der Waals surface area contributed by atoms with Crippen LogP contribution in [0.1, 0.15) is 31.0 Å². The average molecular weight is 339 g/mol. The molecule has 1 heterocycles. The first-order valence-electron chi connectivity index (χ1n) is 8.16. The summed E-state index contributed by atoms with van der Waals surface area (Å²) < 4.78 is 6.85. The third kappa shape index (κ3) is 3.28. The number of hydrogen-bond donors (Lipinski definition) is 2. The van der Waals surface area contributed by atoms with Crippen LogP contribution in [0.5, 0.6) is 0 Å². The smallest absolute Gasteiger partial charge is 0.408 e. The van der Waals surface area contributed by atoms with Crippen molar-refractivity contribution in [3.8, 4) is 0 Å². The molecular weight excluding hydrogens is 318 g/mol. The Labute approximate surface area is 145 Å². The summed E-state index contributed by atoms with van der Waals surface area (Å²) in [7, 11) is 0. The number of nitrogens with zero attached hydrogens (tertiary/aromatic N) is 1. The van der Waals surface area contributed by atoms with E-state index in [0.29, 0.717) is 16.8 Å². The Bertz CT molecular complexity index is 999. The van der Waals surface area contributed by atoms with E-state index in [2.05, 4.69) is 10.6 Å². The first-order chi connectivity index (χ1) is 11.9. The second kappa shape index (κ2) is 6.47. The minimum atomic E-state index is -0.401. The van der Waals surface area contributed by atoms with Crippen LogP contribution in [0.3, 0.4) is 0 Å². The molecule has 0 radical (unpaired) electrons. The standard InChI is InChI=1S/C19H21N3O3/c1-11(2)22-16-9-8-14(10-17(16)25-19(22)24)20-18(23)21-15-7-5-6-12(3)13(15)4/h5-11H,1-4H3,(H2,20,21,23). The van der Waals surface area contributed by atoms with E-state index in [0.717, 1.165) is 16.8 Å². The van der Waals surface area contributed by atoms with Gasteiger partial charge in [0.25, 0.3) is 0 Å². The predicted molar refractivity (Wildman–Crippen MR) is 99.4 cm³/mol. The molecule has 0 bridgehead atoms. The van der Waals surface area contributed by atoms with Crippen LogP contribution >= 0.6 is 0 Å². The van der Waals surface area contributed by atoms with Crippen LogP contribution in [0.15, 0.2) is 45.6 Å². The largest absolute Gasteiger partial charge is 0.420 e. The number of nitrogens with one attached hydrogen (secondary N) is 2. The lowest BCUT2D eigenvalue weighted by Gasteiger charge is -2.11. The normalized spacial score (nSPS) is 11.1. The first kappa shape index (κ1) is 16.8. The molecule has 0 spiro atoms. The molecule has 25 heavy (non-hydrogen) atoms. The maximum atomic E-state index is 12.2. The van der Waals surface area contributed by atoms with Crippen molar-refractivity contribution in [1.29, 1.82) is 0 Å². The number of aryl methyl sites for hydroxylation is 1. The Morgan fingerprint density at radius 1 is 1.12 bits per heavy atom. The highest BCUT2D eigenvalue weighted by Gasteiger charge is 2.13. The molecule has 3 rings (SSSR count). The number of amides is 2. The number of rotatable bonds is 3. The fourth-order valence-electron chi connectivity index (χ4n) is 2.77. The second-order valence-electron chi connectivity index (χ2n) is 6.34. The molecule has 0 aliphatic heterocycles. The summed E-state index contributed by atoms with van der Waals surface area (Å²) in [4.78, 5) is 24.2. The van der Waals surface area contributed by atoms with Crippen LogP contribution in [0.4, 0.5) is 16.2 Å². The van der Waals surface area contributed by atoms with Crippen LogP contribution < -0.4 is 16.4 Å². The van der Waals surface area contributed by atoms with Crippen LogP contribution in [-0.2, 0) is 0 Å². The Morgan fingerprint density at radius 3 is 2.60 bits per heavy atom. The van der Waals surface area contributed by atoms with E-state index in [9.17, 15) is 9.59 Å². The number of carbonyl (C=O) groups excluding carboxylic acids is 1. The van der Waals surface area contributed by atoms with Gasteiger partial charge in [0.05, 0.1) is 5.52 Å².